The van der Waals surface area contributed by atoms with Crippen LogP contribution < -0.4 is 0 Å². The minimum atomic E-state index is -3.26. The number of amides is 1. The molecule has 1 aromatic carbocycles. The maximum absolute atomic E-state index is 12.9. The summed E-state index contributed by atoms with van der Waals surface area (Å²) in [6.45, 7) is 2.27. The first-order valence-electron chi connectivity index (χ1n) is 8.45. The van der Waals surface area contributed by atoms with E-state index in [2.05, 4.69) is 0 Å². The molecule has 1 aromatic rings. The lowest BCUT2D eigenvalue weighted by Crippen LogP contribution is -2.49. The van der Waals surface area contributed by atoms with Crippen molar-refractivity contribution in [1.82, 2.24) is 9.21 Å². The molecule has 0 bridgehead atoms. The number of ether oxygens (including phenoxy) is 1. The normalized spacial score (nSPS) is 25.8. The van der Waals surface area contributed by atoms with Gasteiger partial charge in [-0.05, 0) is 30.5 Å². The van der Waals surface area contributed by atoms with Crippen molar-refractivity contribution in [2.75, 3.05) is 39.0 Å². The van der Waals surface area contributed by atoms with E-state index >= 15 is 0 Å². The van der Waals surface area contributed by atoms with Gasteiger partial charge in [0, 0.05) is 24.7 Å². The summed E-state index contributed by atoms with van der Waals surface area (Å²) in [7, 11) is -3.26. The van der Waals surface area contributed by atoms with Gasteiger partial charge in [-0.25, -0.2) is 12.7 Å². The zero-order valence-electron chi connectivity index (χ0n) is 14.2. The number of hydrogen-bond acceptors (Lipinski definition) is 4. The highest BCUT2D eigenvalue weighted by Gasteiger charge is 2.34. The number of piperidine rings is 1. The number of morpholine rings is 1. The van der Waals surface area contributed by atoms with Crippen LogP contribution in [0.25, 0.3) is 0 Å². The molecule has 25 heavy (non-hydrogen) atoms. The van der Waals surface area contributed by atoms with Gasteiger partial charge in [-0.1, -0.05) is 23.7 Å². The zero-order chi connectivity index (χ0) is 18.0. The van der Waals surface area contributed by atoms with Gasteiger partial charge in [0.05, 0.1) is 25.3 Å². The van der Waals surface area contributed by atoms with E-state index in [0.29, 0.717) is 37.7 Å². The second kappa shape index (κ2) is 7.61. The van der Waals surface area contributed by atoms with Crippen molar-refractivity contribution in [2.45, 2.75) is 18.9 Å². The predicted molar refractivity (Wildman–Crippen MR) is 95.9 cm³/mol. The van der Waals surface area contributed by atoms with Crippen LogP contribution in [-0.4, -0.2) is 62.6 Å². The van der Waals surface area contributed by atoms with E-state index in [1.807, 2.05) is 24.3 Å². The van der Waals surface area contributed by atoms with Gasteiger partial charge in [0.15, 0.2) is 0 Å². The van der Waals surface area contributed by atoms with Crippen LogP contribution in [0, 0.1) is 5.92 Å². The molecule has 6 nitrogen and oxygen atoms in total. The molecule has 2 aliphatic rings. The molecule has 3 rings (SSSR count). The summed E-state index contributed by atoms with van der Waals surface area (Å²) < 4.78 is 30.7. The monoisotopic (exact) mass is 386 g/mol. The molecule has 1 amide bonds. The third-order valence-corrected chi connectivity index (χ3v) is 6.34. The topological polar surface area (TPSA) is 66.9 Å². The van der Waals surface area contributed by atoms with E-state index in [4.69, 9.17) is 16.3 Å². The number of carbonyl (C=O) groups excluding carboxylic acids is 1. The highest BCUT2D eigenvalue weighted by atomic mass is 35.5. The maximum atomic E-state index is 12.9. The third-order valence-electron chi connectivity index (χ3n) is 4.82. The summed E-state index contributed by atoms with van der Waals surface area (Å²) in [6, 6.07) is 7.44. The van der Waals surface area contributed by atoms with Gasteiger partial charge in [0.1, 0.15) is 6.10 Å². The van der Waals surface area contributed by atoms with Gasteiger partial charge in [0.25, 0.3) is 0 Å². The van der Waals surface area contributed by atoms with Crippen LogP contribution in [0.15, 0.2) is 24.3 Å². The van der Waals surface area contributed by atoms with Crippen molar-refractivity contribution in [3.8, 4) is 0 Å². The highest BCUT2D eigenvalue weighted by molar-refractivity contribution is 7.88. The van der Waals surface area contributed by atoms with Gasteiger partial charge >= 0.3 is 0 Å². The fraction of sp³-hybridized carbons (Fsp3) is 0.588. The van der Waals surface area contributed by atoms with Crippen molar-refractivity contribution in [2.24, 2.45) is 5.92 Å². The fourth-order valence-corrected chi connectivity index (χ4v) is 4.47. The number of nitrogens with zero attached hydrogens (tertiary/aromatic N) is 2. The van der Waals surface area contributed by atoms with Crippen LogP contribution in [-0.2, 0) is 19.6 Å². The van der Waals surface area contributed by atoms with Gasteiger partial charge in [-0.15, -0.1) is 0 Å². The van der Waals surface area contributed by atoms with Crippen LogP contribution in [0.4, 0.5) is 0 Å². The van der Waals surface area contributed by atoms with Crippen molar-refractivity contribution < 1.29 is 17.9 Å². The van der Waals surface area contributed by atoms with Gasteiger partial charge in [-0.2, -0.15) is 0 Å². The second-order valence-electron chi connectivity index (χ2n) is 6.66. The standard InChI is InChI=1S/C17H23ClN2O4S/c1-25(22,23)20-8-2-3-14(11-20)17(21)19-9-10-24-16(12-19)13-4-6-15(18)7-5-13/h4-7,14,16H,2-3,8-12H2,1H3. The van der Waals surface area contributed by atoms with Crippen LogP contribution >= 0.6 is 11.6 Å². The second-order valence-corrected chi connectivity index (χ2v) is 9.07. The Kier molecular flexibility index (Phi) is 5.68. The van der Waals surface area contributed by atoms with E-state index in [1.54, 1.807) is 4.90 Å². The first kappa shape index (κ1) is 18.6. The molecule has 2 heterocycles. The Morgan fingerprint density at radius 1 is 1.20 bits per heavy atom. The van der Waals surface area contributed by atoms with Gasteiger partial charge < -0.3 is 9.64 Å². The highest BCUT2D eigenvalue weighted by Crippen LogP contribution is 2.27. The number of rotatable bonds is 3. The molecule has 0 radical (unpaired) electrons. The number of benzene rings is 1. The molecule has 2 aliphatic heterocycles. The average molecular weight is 387 g/mol. The van der Waals surface area contributed by atoms with Crippen LogP contribution in [0.5, 0.6) is 0 Å². The summed E-state index contributed by atoms with van der Waals surface area (Å²) >= 11 is 5.92. The lowest BCUT2D eigenvalue weighted by molar-refractivity contribution is -0.144. The smallest absolute Gasteiger partial charge is 0.227 e. The number of sulfonamides is 1. The molecule has 0 aliphatic carbocycles. The van der Waals surface area contributed by atoms with E-state index < -0.39 is 10.0 Å². The minimum Gasteiger partial charge on any atom is -0.370 e. The lowest BCUT2D eigenvalue weighted by atomic mass is 9.97. The molecule has 0 spiro atoms. The van der Waals surface area contributed by atoms with E-state index in [9.17, 15) is 13.2 Å². The summed E-state index contributed by atoms with van der Waals surface area (Å²) in [5.41, 5.74) is 0.989. The Labute approximate surface area is 153 Å². The van der Waals surface area contributed by atoms with Crippen molar-refractivity contribution >= 4 is 27.5 Å². The molecule has 2 saturated heterocycles. The SMILES string of the molecule is CS(=O)(=O)N1CCCC(C(=O)N2CCOC(c3ccc(Cl)cc3)C2)C1. The molecule has 138 valence electrons. The average Bonchev–Trinajstić information content (AvgIpc) is 2.61. The molecule has 0 aromatic heterocycles. The summed E-state index contributed by atoms with van der Waals surface area (Å²) in [4.78, 5) is 14.7. The summed E-state index contributed by atoms with van der Waals surface area (Å²) in [5.74, 6) is -0.247. The van der Waals surface area contributed by atoms with Gasteiger partial charge in [-0.3, -0.25) is 4.79 Å². The summed E-state index contributed by atoms with van der Waals surface area (Å²) in [5, 5.41) is 0.663. The minimum absolute atomic E-state index is 0.0237. The molecular weight excluding hydrogens is 364 g/mol. The Hall–Kier alpha value is -1.15. The molecule has 8 heteroatoms. The van der Waals surface area contributed by atoms with Crippen LogP contribution in [0.1, 0.15) is 24.5 Å². The quantitative estimate of drug-likeness (QED) is 0.795. The first-order valence-corrected chi connectivity index (χ1v) is 10.7. The fourth-order valence-electron chi connectivity index (χ4n) is 3.43. The summed E-state index contributed by atoms with van der Waals surface area (Å²) in [6.07, 6.45) is 2.47. The van der Waals surface area contributed by atoms with Gasteiger partial charge in [0.2, 0.25) is 15.9 Å². The molecular formula is C17H23ClN2O4S. The predicted octanol–water partition coefficient (Wildman–Crippen LogP) is 1.91. The zero-order valence-corrected chi connectivity index (χ0v) is 15.8. The van der Waals surface area contributed by atoms with Crippen molar-refractivity contribution in [3.63, 3.8) is 0 Å². The number of hydrogen-bond donors (Lipinski definition) is 0. The first-order chi connectivity index (χ1) is 11.8. The van der Waals surface area contributed by atoms with Crippen LogP contribution in [0.3, 0.4) is 0 Å². The lowest BCUT2D eigenvalue weighted by Gasteiger charge is -2.37. The number of carbonyl (C=O) groups is 1. The van der Waals surface area contributed by atoms with Crippen LogP contribution in [0.2, 0.25) is 5.02 Å². The van der Waals surface area contributed by atoms with E-state index in [1.165, 1.54) is 10.6 Å². The van der Waals surface area contributed by atoms with Crippen molar-refractivity contribution in [3.05, 3.63) is 34.9 Å². The Morgan fingerprint density at radius 3 is 2.60 bits per heavy atom. The van der Waals surface area contributed by atoms with E-state index in [0.717, 1.165) is 12.0 Å². The molecule has 2 unspecified atom stereocenters. The molecule has 2 fully saturated rings. The maximum Gasteiger partial charge on any atom is 0.227 e. The third kappa shape index (κ3) is 4.53. The Balaban J connectivity index is 1.66. The molecule has 0 saturated carbocycles. The molecule has 0 N–H and O–H groups in total. The number of halogens is 1. The Bertz CT molecular complexity index is 723. The largest absolute Gasteiger partial charge is 0.370 e. The van der Waals surface area contributed by atoms with Crippen molar-refractivity contribution in [1.29, 1.82) is 0 Å². The Morgan fingerprint density at radius 2 is 1.92 bits per heavy atom. The molecule has 2 atom stereocenters. The van der Waals surface area contributed by atoms with E-state index in [-0.39, 0.29) is 24.5 Å².